The van der Waals surface area contributed by atoms with Crippen molar-refractivity contribution in [2.75, 3.05) is 0 Å². The van der Waals surface area contributed by atoms with Gasteiger partial charge in [0, 0.05) is 43.2 Å². The maximum absolute atomic E-state index is 12.3. The third kappa shape index (κ3) is 6.51. The van der Waals surface area contributed by atoms with Crippen molar-refractivity contribution in [2.24, 2.45) is 0 Å². The molecule has 0 bridgehead atoms. The van der Waals surface area contributed by atoms with Gasteiger partial charge in [-0.1, -0.05) is 199 Å². The zero-order chi connectivity index (χ0) is 39.0. The van der Waals surface area contributed by atoms with Crippen molar-refractivity contribution in [3.63, 3.8) is 0 Å². The number of carboxylic acids is 1. The van der Waals surface area contributed by atoms with E-state index < -0.39 is 11.6 Å². The van der Waals surface area contributed by atoms with Crippen molar-refractivity contribution in [2.45, 2.75) is 37.5 Å². The average Bonchev–Trinajstić information content (AvgIpc) is 3.55. The number of aliphatic hydroxyl groups is 1. The molecule has 58 heavy (non-hydrogen) atoms. The summed E-state index contributed by atoms with van der Waals surface area (Å²) < 4.78 is 0. The summed E-state index contributed by atoms with van der Waals surface area (Å²) in [5.74, 6) is -0.833. The Morgan fingerprint density at radius 3 is 1.12 bits per heavy atom. The number of rotatable bonds is 2. The lowest BCUT2D eigenvalue weighted by Gasteiger charge is -2.39. The Hall–Kier alpha value is -5.63. The molecule has 0 saturated carbocycles. The number of carboxylic acid groups (broad SMARTS) is 1. The van der Waals surface area contributed by atoms with E-state index in [0.29, 0.717) is 0 Å². The summed E-state index contributed by atoms with van der Waals surface area (Å²) in [5.41, 5.74) is 11.9. The van der Waals surface area contributed by atoms with Gasteiger partial charge in [-0.2, -0.15) is 0 Å². The zero-order valence-electron chi connectivity index (χ0n) is 31.6. The molecule has 0 unspecified atom stereocenters. The topological polar surface area (TPSA) is 57.5 Å². The van der Waals surface area contributed by atoms with Gasteiger partial charge in [0.05, 0.1) is 5.41 Å². The number of hydrogen-bond acceptors (Lipinski definition) is 4. The summed E-state index contributed by atoms with van der Waals surface area (Å²) in [6.07, 6.45) is 0. The number of hydrogen-bond donors (Lipinski definition) is 2. The first-order valence-corrected chi connectivity index (χ1v) is 20.6. The number of benzene rings is 8. The van der Waals surface area contributed by atoms with Gasteiger partial charge in [-0.25, -0.2) is 0 Å². The van der Waals surface area contributed by atoms with Gasteiger partial charge < -0.3 is 10.2 Å². The first-order valence-electron chi connectivity index (χ1n) is 18.9. The second-order valence-corrected chi connectivity index (χ2v) is 16.3. The largest absolute Gasteiger partial charge is 0.481 e. The van der Waals surface area contributed by atoms with Crippen molar-refractivity contribution in [1.29, 1.82) is 0 Å². The molecule has 0 fully saturated rings. The van der Waals surface area contributed by atoms with E-state index in [9.17, 15) is 5.11 Å². The molecule has 6 heteroatoms. The highest BCUT2D eigenvalue weighted by molar-refractivity contribution is 8.93. The number of aliphatic carboxylic acids is 1. The fourth-order valence-corrected chi connectivity index (χ4v) is 11.1. The Bertz CT molecular complexity index is 2640. The normalized spacial score (nSPS) is 13.8. The fourth-order valence-electron chi connectivity index (χ4n) is 8.74. The Morgan fingerprint density at radius 1 is 0.397 bits per heavy atom. The lowest BCUT2D eigenvalue weighted by molar-refractivity contribution is -0.134. The van der Waals surface area contributed by atoms with Crippen LogP contribution in [0.3, 0.4) is 0 Å². The van der Waals surface area contributed by atoms with Gasteiger partial charge in [-0.15, -0.1) is 17.0 Å². The fraction of sp³-hybridized carbons (Fsp3) is 0.0577. The maximum atomic E-state index is 12.3. The van der Waals surface area contributed by atoms with Crippen LogP contribution in [-0.2, 0) is 15.8 Å². The predicted molar refractivity (Wildman–Crippen MR) is 242 cm³/mol. The van der Waals surface area contributed by atoms with Crippen molar-refractivity contribution >= 4 is 46.5 Å². The van der Waals surface area contributed by atoms with Crippen LogP contribution in [0.2, 0.25) is 0 Å². The average molecular weight is 856 g/mol. The third-order valence-electron chi connectivity index (χ3n) is 10.9. The molecule has 11 rings (SSSR count). The van der Waals surface area contributed by atoms with E-state index in [1.165, 1.54) is 43.2 Å². The second kappa shape index (κ2) is 16.3. The monoisotopic (exact) mass is 854 g/mol. The van der Waals surface area contributed by atoms with E-state index in [4.69, 9.17) is 9.90 Å². The first-order chi connectivity index (χ1) is 27.9. The third-order valence-corrected chi connectivity index (χ3v) is 13.2. The van der Waals surface area contributed by atoms with Crippen LogP contribution in [-0.4, -0.2) is 16.2 Å². The molecule has 8 aromatic carbocycles. The summed E-state index contributed by atoms with van der Waals surface area (Å²) in [4.78, 5) is 13.9. The van der Waals surface area contributed by atoms with Crippen LogP contribution < -0.4 is 0 Å². The van der Waals surface area contributed by atoms with E-state index >= 15 is 0 Å². The number of carbonyl (C=O) groups is 1. The molecule has 0 amide bonds. The molecule has 3 aliphatic rings. The smallest absolute Gasteiger partial charge is 0.300 e. The number of halogens is 1. The summed E-state index contributed by atoms with van der Waals surface area (Å²) in [7, 11) is 0. The standard InChI is InChI=1S/C25H18OS.C25H16S.C2H4O2.BrH/c26-25(20-13-5-4-12-19(20)18-10-2-1-3-11-18)21-14-6-8-16-23(21)27-24-17-9-7-15-22(24)25;1-3-11-19-17(9-1)18-10-2-4-12-20(18)25(19)21-13-5-7-15-23(21)26-24-16-8-6-14-22(24)25;1-2(3)4;/h1-17,26H;1-16H;1H3,(H,3,4);1H. The molecule has 1 aliphatic carbocycles. The van der Waals surface area contributed by atoms with Crippen LogP contribution in [0.1, 0.15) is 45.9 Å². The summed E-state index contributed by atoms with van der Waals surface area (Å²) in [6.45, 7) is 1.08. The molecule has 2 heterocycles. The minimum atomic E-state index is -1.19. The van der Waals surface area contributed by atoms with Gasteiger partial charge in [0.1, 0.15) is 5.60 Å². The first kappa shape index (κ1) is 39.2. The molecule has 8 aromatic rings. The van der Waals surface area contributed by atoms with Crippen LogP contribution in [0.5, 0.6) is 0 Å². The van der Waals surface area contributed by atoms with E-state index in [0.717, 1.165) is 44.5 Å². The van der Waals surface area contributed by atoms with Crippen LogP contribution in [0.4, 0.5) is 0 Å². The second-order valence-electron chi connectivity index (χ2n) is 14.2. The van der Waals surface area contributed by atoms with Crippen molar-refractivity contribution in [3.8, 4) is 22.3 Å². The molecule has 0 atom stereocenters. The van der Waals surface area contributed by atoms with Crippen molar-refractivity contribution < 1.29 is 15.0 Å². The highest BCUT2D eigenvalue weighted by Crippen LogP contribution is 2.62. The zero-order valence-corrected chi connectivity index (χ0v) is 34.9. The highest BCUT2D eigenvalue weighted by atomic mass is 79.9. The van der Waals surface area contributed by atoms with E-state index in [-0.39, 0.29) is 22.4 Å². The number of fused-ring (bicyclic) bond motifs is 11. The van der Waals surface area contributed by atoms with Gasteiger partial charge in [0.25, 0.3) is 5.97 Å². The SMILES string of the molecule is Br.CC(=O)O.OC1(c2ccccc2-c2ccccc2)c2ccccc2Sc2ccccc21.c1ccc2c(c1)Sc1ccccc1C21c2ccccc2-c2ccccc21. The van der Waals surface area contributed by atoms with E-state index in [2.05, 4.69) is 127 Å². The molecular weight excluding hydrogens is 817 g/mol. The van der Waals surface area contributed by atoms with Gasteiger partial charge in [-0.05, 0) is 68.8 Å². The molecule has 3 nitrogen and oxygen atoms in total. The molecule has 2 aliphatic heterocycles. The lowest BCUT2D eigenvalue weighted by Crippen LogP contribution is -2.32. The molecule has 1 spiro atoms. The Morgan fingerprint density at radius 2 is 0.690 bits per heavy atom. The van der Waals surface area contributed by atoms with Crippen LogP contribution >= 0.6 is 40.5 Å². The highest BCUT2D eigenvalue weighted by Gasteiger charge is 2.50. The molecule has 0 aromatic heterocycles. The van der Waals surface area contributed by atoms with Crippen molar-refractivity contribution in [1.82, 2.24) is 0 Å². The Balaban J connectivity index is 0.000000146. The minimum absolute atomic E-state index is 0. The molecule has 0 radical (unpaired) electrons. The maximum Gasteiger partial charge on any atom is 0.300 e. The Kier molecular flexibility index (Phi) is 11.0. The van der Waals surface area contributed by atoms with Gasteiger partial charge in [0.2, 0.25) is 0 Å². The van der Waals surface area contributed by atoms with Gasteiger partial charge in [0.15, 0.2) is 0 Å². The molecule has 0 saturated heterocycles. The van der Waals surface area contributed by atoms with Gasteiger partial charge in [-0.3, -0.25) is 4.79 Å². The van der Waals surface area contributed by atoms with Crippen molar-refractivity contribution in [3.05, 3.63) is 239 Å². The molecule has 284 valence electrons. The van der Waals surface area contributed by atoms with Crippen LogP contribution in [0.15, 0.2) is 220 Å². The van der Waals surface area contributed by atoms with Gasteiger partial charge >= 0.3 is 0 Å². The van der Waals surface area contributed by atoms with E-state index in [1.807, 2.05) is 84.6 Å². The van der Waals surface area contributed by atoms with E-state index in [1.54, 1.807) is 11.8 Å². The van der Waals surface area contributed by atoms with Crippen LogP contribution in [0, 0.1) is 0 Å². The summed E-state index contributed by atoms with van der Waals surface area (Å²) in [5, 5.41) is 19.7. The minimum Gasteiger partial charge on any atom is -0.481 e. The summed E-state index contributed by atoms with van der Waals surface area (Å²) in [6, 6.07) is 70.5. The molecular formula is C52H39BrO3S2. The lowest BCUT2D eigenvalue weighted by atomic mass is 9.67. The Labute approximate surface area is 358 Å². The predicted octanol–water partition coefficient (Wildman–Crippen LogP) is 13.3. The summed E-state index contributed by atoms with van der Waals surface area (Å²) >= 11 is 3.61. The molecule has 2 N–H and O–H groups in total. The quantitative estimate of drug-likeness (QED) is 0.181. The van der Waals surface area contributed by atoms with Crippen LogP contribution in [0.25, 0.3) is 22.3 Å².